The lowest BCUT2D eigenvalue weighted by Gasteiger charge is -2.42. The summed E-state index contributed by atoms with van der Waals surface area (Å²) in [6.07, 6.45) is 9.94. The van der Waals surface area contributed by atoms with E-state index in [0.29, 0.717) is 26.2 Å². The van der Waals surface area contributed by atoms with Crippen LogP contribution in [0.4, 0.5) is 0 Å². The van der Waals surface area contributed by atoms with Gasteiger partial charge >= 0.3 is 0 Å². The van der Waals surface area contributed by atoms with Crippen LogP contribution < -0.4 is 5.73 Å². The smallest absolute Gasteiger partial charge is 0.282 e. The molecule has 1 amide bonds. The maximum absolute atomic E-state index is 12.9. The van der Waals surface area contributed by atoms with Gasteiger partial charge in [-0.15, -0.1) is 12.4 Å². The van der Waals surface area contributed by atoms with Crippen LogP contribution in [0.2, 0.25) is 0 Å². The third kappa shape index (κ3) is 4.96. The molecule has 1 saturated heterocycles. The molecule has 3 rings (SSSR count). The first-order valence-corrected chi connectivity index (χ1v) is 11.6. The van der Waals surface area contributed by atoms with Crippen molar-refractivity contribution in [3.8, 4) is 0 Å². The molecular formula is C18H35ClN4O3S. The molecule has 1 aliphatic heterocycles. The van der Waals surface area contributed by atoms with Gasteiger partial charge in [-0.2, -0.15) is 17.0 Å². The van der Waals surface area contributed by atoms with E-state index in [4.69, 9.17) is 5.73 Å². The normalized spacial score (nSPS) is 25.2. The maximum atomic E-state index is 12.9. The fourth-order valence-electron chi connectivity index (χ4n) is 4.65. The highest BCUT2D eigenvalue weighted by atomic mass is 35.5. The Bertz CT molecular complexity index is 596. The van der Waals surface area contributed by atoms with Crippen molar-refractivity contribution < 1.29 is 13.2 Å². The van der Waals surface area contributed by atoms with E-state index >= 15 is 0 Å². The van der Waals surface area contributed by atoms with Crippen LogP contribution in [0.1, 0.15) is 64.2 Å². The number of carbonyl (C=O) groups excluding carboxylic acids is 1. The molecule has 3 aliphatic rings. The molecule has 0 atom stereocenters. The minimum Gasteiger partial charge on any atom is -0.338 e. The highest BCUT2D eigenvalue weighted by Gasteiger charge is 2.41. The second-order valence-corrected chi connectivity index (χ2v) is 10.2. The van der Waals surface area contributed by atoms with Crippen LogP contribution in [-0.4, -0.2) is 72.6 Å². The van der Waals surface area contributed by atoms with E-state index in [9.17, 15) is 13.2 Å². The Kier molecular flexibility index (Phi) is 7.96. The highest BCUT2D eigenvalue weighted by molar-refractivity contribution is 7.86. The van der Waals surface area contributed by atoms with Gasteiger partial charge in [-0.1, -0.05) is 38.5 Å². The number of hydrogen-bond acceptors (Lipinski definition) is 4. The molecule has 2 N–H and O–H groups in total. The van der Waals surface area contributed by atoms with E-state index in [1.807, 2.05) is 0 Å². The topological polar surface area (TPSA) is 87.0 Å². The third-order valence-electron chi connectivity index (χ3n) is 6.48. The SMILES string of the molecule is CN(C1CCCCC1)S(=O)(=O)N1CCN(C(=O)C2(N)CCCCC2)CC1.Cl. The van der Waals surface area contributed by atoms with Gasteiger partial charge in [0.15, 0.2) is 0 Å². The maximum Gasteiger partial charge on any atom is 0.282 e. The van der Waals surface area contributed by atoms with Crippen molar-refractivity contribution in [3.63, 3.8) is 0 Å². The fraction of sp³-hybridized carbons (Fsp3) is 0.944. The van der Waals surface area contributed by atoms with Crippen LogP contribution in [0.15, 0.2) is 0 Å². The summed E-state index contributed by atoms with van der Waals surface area (Å²) >= 11 is 0. The first-order chi connectivity index (χ1) is 12.3. The molecule has 2 saturated carbocycles. The number of rotatable bonds is 4. The molecule has 0 unspecified atom stereocenters. The number of nitrogens with zero attached hydrogens (tertiary/aromatic N) is 3. The minimum atomic E-state index is -3.45. The standard InChI is InChI=1S/C18H34N4O3S.ClH/c1-20(16-8-4-2-5-9-16)26(24,25)22-14-12-21(13-15-22)17(23)18(19)10-6-3-7-11-18;/h16H,2-15,19H2,1H3;1H. The van der Waals surface area contributed by atoms with Gasteiger partial charge in [-0.3, -0.25) is 4.79 Å². The monoisotopic (exact) mass is 422 g/mol. The zero-order chi connectivity index (χ0) is 18.8. The number of nitrogens with two attached hydrogens (primary N) is 1. The molecule has 3 fully saturated rings. The molecule has 9 heteroatoms. The summed E-state index contributed by atoms with van der Waals surface area (Å²) in [5.41, 5.74) is 5.63. The number of carbonyl (C=O) groups is 1. The van der Waals surface area contributed by atoms with Crippen molar-refractivity contribution in [3.05, 3.63) is 0 Å². The molecule has 0 aromatic rings. The van der Waals surface area contributed by atoms with Gasteiger partial charge in [0.25, 0.3) is 10.2 Å². The Morgan fingerprint density at radius 3 is 2.04 bits per heavy atom. The summed E-state index contributed by atoms with van der Waals surface area (Å²) in [4.78, 5) is 14.6. The van der Waals surface area contributed by atoms with E-state index < -0.39 is 15.7 Å². The van der Waals surface area contributed by atoms with Gasteiger partial charge in [0.2, 0.25) is 5.91 Å². The number of piperazine rings is 1. The van der Waals surface area contributed by atoms with Crippen molar-refractivity contribution in [1.29, 1.82) is 0 Å². The third-order valence-corrected chi connectivity index (χ3v) is 8.52. The first-order valence-electron chi connectivity index (χ1n) is 10.2. The van der Waals surface area contributed by atoms with Gasteiger partial charge in [-0.25, -0.2) is 0 Å². The Labute approximate surface area is 170 Å². The summed E-state index contributed by atoms with van der Waals surface area (Å²) in [5, 5.41) is 0. The van der Waals surface area contributed by atoms with Crippen molar-refractivity contribution in [2.45, 2.75) is 75.8 Å². The molecule has 0 spiro atoms. The van der Waals surface area contributed by atoms with Gasteiger partial charge in [0.05, 0.1) is 5.54 Å². The van der Waals surface area contributed by atoms with Gasteiger partial charge in [0.1, 0.15) is 0 Å². The molecule has 1 heterocycles. The van der Waals surface area contributed by atoms with Crippen molar-refractivity contribution in [1.82, 2.24) is 13.5 Å². The lowest BCUT2D eigenvalue weighted by atomic mass is 9.81. The van der Waals surface area contributed by atoms with Crippen LogP contribution in [0.3, 0.4) is 0 Å². The number of hydrogen-bond donors (Lipinski definition) is 1. The predicted octanol–water partition coefficient (Wildman–Crippen LogP) is 1.72. The van der Waals surface area contributed by atoms with Gasteiger partial charge in [-0.05, 0) is 25.7 Å². The first kappa shape index (κ1) is 22.9. The lowest BCUT2D eigenvalue weighted by Crippen LogP contribution is -2.61. The summed E-state index contributed by atoms with van der Waals surface area (Å²) < 4.78 is 29.0. The van der Waals surface area contributed by atoms with Gasteiger partial charge in [0, 0.05) is 39.3 Å². The van der Waals surface area contributed by atoms with Crippen LogP contribution >= 0.6 is 12.4 Å². The average Bonchev–Trinajstić information content (AvgIpc) is 2.68. The molecule has 2 aliphatic carbocycles. The summed E-state index contributed by atoms with van der Waals surface area (Å²) in [6.45, 7) is 1.60. The largest absolute Gasteiger partial charge is 0.338 e. The Hall–Kier alpha value is -0.410. The fourth-order valence-corrected chi connectivity index (χ4v) is 6.23. The van der Waals surface area contributed by atoms with E-state index in [0.717, 1.165) is 57.8 Å². The quantitative estimate of drug-likeness (QED) is 0.747. The van der Waals surface area contributed by atoms with E-state index in [2.05, 4.69) is 0 Å². The summed E-state index contributed by atoms with van der Waals surface area (Å²) in [5.74, 6) is 0.00915. The zero-order valence-corrected chi connectivity index (χ0v) is 18.1. The van der Waals surface area contributed by atoms with E-state index in [1.165, 1.54) is 10.7 Å². The van der Waals surface area contributed by atoms with E-state index in [1.54, 1.807) is 16.3 Å². The molecular weight excluding hydrogens is 388 g/mol. The Morgan fingerprint density at radius 2 is 1.48 bits per heavy atom. The number of amides is 1. The lowest BCUT2D eigenvalue weighted by molar-refractivity contribution is -0.139. The van der Waals surface area contributed by atoms with Crippen molar-refractivity contribution in [2.24, 2.45) is 5.73 Å². The molecule has 27 heavy (non-hydrogen) atoms. The van der Waals surface area contributed by atoms with Crippen LogP contribution in [0.5, 0.6) is 0 Å². The highest BCUT2D eigenvalue weighted by Crippen LogP contribution is 2.29. The van der Waals surface area contributed by atoms with Crippen LogP contribution in [0.25, 0.3) is 0 Å². The average molecular weight is 423 g/mol. The number of halogens is 1. The molecule has 0 aromatic heterocycles. The molecule has 0 aromatic carbocycles. The van der Waals surface area contributed by atoms with E-state index in [-0.39, 0.29) is 24.4 Å². The molecule has 158 valence electrons. The molecule has 0 bridgehead atoms. The van der Waals surface area contributed by atoms with Crippen molar-refractivity contribution >= 4 is 28.5 Å². The minimum absolute atomic E-state index is 0. The van der Waals surface area contributed by atoms with Crippen LogP contribution in [-0.2, 0) is 15.0 Å². The van der Waals surface area contributed by atoms with Gasteiger partial charge < -0.3 is 10.6 Å². The molecule has 0 radical (unpaired) electrons. The summed E-state index contributed by atoms with van der Waals surface area (Å²) in [6, 6.07) is 0.114. The zero-order valence-electron chi connectivity index (χ0n) is 16.4. The van der Waals surface area contributed by atoms with Crippen molar-refractivity contribution in [2.75, 3.05) is 33.2 Å². The Morgan fingerprint density at radius 1 is 0.963 bits per heavy atom. The second kappa shape index (κ2) is 9.39. The Balaban J connectivity index is 0.00000261. The second-order valence-electron chi connectivity index (χ2n) is 8.22. The van der Waals surface area contributed by atoms with Crippen LogP contribution in [0, 0.1) is 0 Å². The predicted molar refractivity (Wildman–Crippen MR) is 109 cm³/mol. The molecule has 7 nitrogen and oxygen atoms in total. The summed E-state index contributed by atoms with van der Waals surface area (Å²) in [7, 11) is -1.75.